The first-order valence-electron chi connectivity index (χ1n) is 11.1. The first kappa shape index (κ1) is 22.8. The van der Waals surface area contributed by atoms with Crippen molar-refractivity contribution in [1.29, 1.82) is 0 Å². The average molecular weight is 426 g/mol. The monoisotopic (exact) mass is 425 g/mol. The number of likely N-dealkylation sites (tertiary alicyclic amines) is 1. The normalized spacial score (nSPS) is 18.5. The Balaban J connectivity index is 1.72. The predicted octanol–water partition coefficient (Wildman–Crippen LogP) is 4.37. The third kappa shape index (κ3) is 6.29. The lowest BCUT2D eigenvalue weighted by Gasteiger charge is -2.37. The lowest BCUT2D eigenvalue weighted by atomic mass is 9.83. The zero-order valence-electron chi connectivity index (χ0n) is 18.4. The topological polar surface area (TPSA) is 61.4 Å². The van der Waals surface area contributed by atoms with Crippen LogP contribution in [0.3, 0.4) is 0 Å². The Hall–Kier alpha value is -2.89. The van der Waals surface area contributed by atoms with E-state index in [1.807, 2.05) is 36.4 Å². The Kier molecular flexibility index (Phi) is 8.04. The fourth-order valence-corrected chi connectivity index (χ4v) is 4.03. The summed E-state index contributed by atoms with van der Waals surface area (Å²) >= 11 is 0. The third-order valence-electron chi connectivity index (χ3n) is 5.88. The largest absolute Gasteiger partial charge is 0.352 e. The number of carbonyl (C=O) groups excluding carboxylic acids is 2. The molecule has 2 atom stereocenters. The molecule has 0 bridgehead atoms. The molecule has 0 spiro atoms. The molecule has 0 aliphatic carbocycles. The average Bonchev–Trinajstić information content (AvgIpc) is 2.79. The molecule has 166 valence electrons. The van der Waals surface area contributed by atoms with Gasteiger partial charge in [-0.15, -0.1) is 0 Å². The lowest BCUT2D eigenvalue weighted by Crippen LogP contribution is -2.51. The lowest BCUT2D eigenvalue weighted by molar-refractivity contribution is -0.126. The number of hydrogen-bond donors (Lipinski definition) is 2. The highest BCUT2D eigenvalue weighted by Crippen LogP contribution is 2.31. The summed E-state index contributed by atoms with van der Waals surface area (Å²) in [6.45, 7) is 5.80. The van der Waals surface area contributed by atoms with E-state index in [4.69, 9.17) is 0 Å². The molecule has 2 N–H and O–H groups in total. The van der Waals surface area contributed by atoms with Gasteiger partial charge in [-0.25, -0.2) is 9.18 Å². The molecule has 1 heterocycles. The smallest absolute Gasteiger partial charge is 0.317 e. The Morgan fingerprint density at radius 1 is 1.10 bits per heavy atom. The summed E-state index contributed by atoms with van der Waals surface area (Å²) in [4.78, 5) is 27.4. The molecule has 0 saturated carbocycles. The predicted molar refractivity (Wildman–Crippen MR) is 120 cm³/mol. The van der Waals surface area contributed by atoms with Gasteiger partial charge in [0.25, 0.3) is 0 Å². The van der Waals surface area contributed by atoms with Crippen LogP contribution in [0.2, 0.25) is 0 Å². The van der Waals surface area contributed by atoms with Crippen LogP contribution in [-0.2, 0) is 11.3 Å². The second kappa shape index (κ2) is 10.9. The minimum atomic E-state index is -0.315. The van der Waals surface area contributed by atoms with Crippen molar-refractivity contribution >= 4 is 11.9 Å². The van der Waals surface area contributed by atoms with Crippen molar-refractivity contribution in [1.82, 2.24) is 15.5 Å². The van der Waals surface area contributed by atoms with E-state index in [0.717, 1.165) is 24.0 Å². The van der Waals surface area contributed by atoms with E-state index in [2.05, 4.69) is 17.6 Å². The van der Waals surface area contributed by atoms with Crippen LogP contribution in [0.1, 0.15) is 48.8 Å². The zero-order valence-corrected chi connectivity index (χ0v) is 18.4. The number of nitrogens with zero attached hydrogens (tertiary/aromatic N) is 1. The number of hydrogen-bond acceptors (Lipinski definition) is 2. The summed E-state index contributed by atoms with van der Waals surface area (Å²) in [5.41, 5.74) is 2.57. The molecule has 2 aromatic rings. The van der Waals surface area contributed by atoms with Crippen LogP contribution in [0.5, 0.6) is 0 Å². The maximum Gasteiger partial charge on any atom is 0.317 e. The van der Waals surface area contributed by atoms with E-state index in [1.54, 1.807) is 17.9 Å². The van der Waals surface area contributed by atoms with Gasteiger partial charge in [0.05, 0.1) is 5.92 Å². The van der Waals surface area contributed by atoms with Crippen molar-refractivity contribution in [2.45, 2.75) is 45.6 Å². The molecule has 3 rings (SSSR count). The summed E-state index contributed by atoms with van der Waals surface area (Å²) < 4.78 is 13.8. The Labute approximate surface area is 184 Å². The maximum absolute atomic E-state index is 13.8. The second-order valence-electron chi connectivity index (χ2n) is 8.33. The molecule has 5 nitrogen and oxygen atoms in total. The molecule has 1 fully saturated rings. The van der Waals surface area contributed by atoms with Crippen molar-refractivity contribution in [3.8, 4) is 0 Å². The van der Waals surface area contributed by atoms with Crippen LogP contribution in [0.15, 0.2) is 48.5 Å². The van der Waals surface area contributed by atoms with Crippen molar-refractivity contribution in [2.24, 2.45) is 5.92 Å². The number of piperidine rings is 1. The summed E-state index contributed by atoms with van der Waals surface area (Å²) in [6, 6.07) is 14.7. The van der Waals surface area contributed by atoms with E-state index in [-0.39, 0.29) is 29.6 Å². The Bertz CT molecular complexity index is 888. The highest BCUT2D eigenvalue weighted by atomic mass is 19.1. The van der Waals surface area contributed by atoms with E-state index < -0.39 is 0 Å². The number of amides is 3. The van der Waals surface area contributed by atoms with Gasteiger partial charge in [0.2, 0.25) is 5.91 Å². The van der Waals surface area contributed by atoms with Crippen LogP contribution >= 0.6 is 0 Å². The summed E-state index contributed by atoms with van der Waals surface area (Å²) in [5.74, 6) is -0.633. The first-order chi connectivity index (χ1) is 15.0. The Morgan fingerprint density at radius 2 is 1.87 bits per heavy atom. The fraction of sp³-hybridized carbons (Fsp3) is 0.440. The number of carbonyl (C=O) groups is 2. The van der Waals surface area contributed by atoms with Gasteiger partial charge in [-0.3, -0.25) is 4.79 Å². The highest BCUT2D eigenvalue weighted by Gasteiger charge is 2.34. The van der Waals surface area contributed by atoms with Gasteiger partial charge >= 0.3 is 6.03 Å². The van der Waals surface area contributed by atoms with Crippen LogP contribution in [0.4, 0.5) is 9.18 Å². The summed E-state index contributed by atoms with van der Waals surface area (Å²) in [7, 11) is 0. The van der Waals surface area contributed by atoms with Crippen molar-refractivity contribution in [3.63, 3.8) is 0 Å². The SMILES string of the molecule is CCCCNC(=O)N1CC(C(=O)NCc2ccccc2)CC(c2ccc(F)c(C)c2)C1. The number of unbranched alkanes of at least 4 members (excludes halogenated alkanes) is 1. The van der Waals surface area contributed by atoms with Gasteiger partial charge in [0, 0.05) is 32.1 Å². The first-order valence-corrected chi connectivity index (χ1v) is 11.1. The van der Waals surface area contributed by atoms with E-state index in [0.29, 0.717) is 38.2 Å². The molecule has 31 heavy (non-hydrogen) atoms. The summed E-state index contributed by atoms with van der Waals surface area (Å²) in [5, 5.41) is 5.97. The minimum absolute atomic E-state index is 0.0162. The molecule has 6 heteroatoms. The van der Waals surface area contributed by atoms with E-state index in [9.17, 15) is 14.0 Å². The maximum atomic E-state index is 13.8. The molecule has 2 aromatic carbocycles. The van der Waals surface area contributed by atoms with Gasteiger partial charge in [-0.05, 0) is 42.5 Å². The number of rotatable bonds is 7. The molecule has 3 amide bonds. The van der Waals surface area contributed by atoms with E-state index >= 15 is 0 Å². The number of urea groups is 1. The molecule has 0 radical (unpaired) electrons. The van der Waals surface area contributed by atoms with Crippen LogP contribution in [0, 0.1) is 18.7 Å². The number of halogens is 1. The second-order valence-corrected chi connectivity index (χ2v) is 8.33. The molecular formula is C25H32FN3O2. The number of aryl methyl sites for hydroxylation is 1. The Morgan fingerprint density at radius 3 is 2.58 bits per heavy atom. The van der Waals surface area contributed by atoms with Crippen molar-refractivity contribution < 1.29 is 14.0 Å². The minimum Gasteiger partial charge on any atom is -0.352 e. The van der Waals surface area contributed by atoms with Crippen molar-refractivity contribution in [2.75, 3.05) is 19.6 Å². The third-order valence-corrected chi connectivity index (χ3v) is 5.88. The van der Waals surface area contributed by atoms with Gasteiger partial charge < -0.3 is 15.5 Å². The van der Waals surface area contributed by atoms with Crippen molar-refractivity contribution in [3.05, 3.63) is 71.0 Å². The van der Waals surface area contributed by atoms with Gasteiger partial charge in [0.15, 0.2) is 0 Å². The quantitative estimate of drug-likeness (QED) is 0.648. The number of benzene rings is 2. The van der Waals surface area contributed by atoms with Gasteiger partial charge in [-0.2, -0.15) is 0 Å². The number of nitrogens with one attached hydrogen (secondary N) is 2. The molecule has 1 aliphatic rings. The standard InChI is InChI=1S/C25H32FN3O2/c1-3-4-12-27-25(31)29-16-21(20-10-11-23(26)18(2)13-20)14-22(17-29)24(30)28-15-19-8-6-5-7-9-19/h5-11,13,21-22H,3-4,12,14-17H2,1-2H3,(H,27,31)(H,28,30). The summed E-state index contributed by atoms with van der Waals surface area (Å²) in [6.07, 6.45) is 2.55. The van der Waals surface area contributed by atoms with E-state index in [1.165, 1.54) is 6.07 Å². The molecule has 0 aromatic heterocycles. The molecule has 1 aliphatic heterocycles. The molecule has 2 unspecified atom stereocenters. The highest BCUT2D eigenvalue weighted by molar-refractivity contribution is 5.81. The zero-order chi connectivity index (χ0) is 22.2. The molecule has 1 saturated heterocycles. The fourth-order valence-electron chi connectivity index (χ4n) is 4.03. The van der Waals surface area contributed by atoms with Crippen LogP contribution in [0.25, 0.3) is 0 Å². The van der Waals surface area contributed by atoms with Crippen LogP contribution < -0.4 is 10.6 Å². The molecular weight excluding hydrogens is 393 g/mol. The van der Waals surface area contributed by atoms with Gasteiger partial charge in [0.1, 0.15) is 5.82 Å². The van der Waals surface area contributed by atoms with Crippen LogP contribution in [-0.4, -0.2) is 36.5 Å². The van der Waals surface area contributed by atoms with Gasteiger partial charge in [-0.1, -0.05) is 55.8 Å².